The van der Waals surface area contributed by atoms with E-state index in [9.17, 15) is 0 Å². The second kappa shape index (κ2) is 7.61. The molecule has 28 heavy (non-hydrogen) atoms. The van der Waals surface area contributed by atoms with Gasteiger partial charge in [-0.2, -0.15) is 0 Å². The van der Waals surface area contributed by atoms with Gasteiger partial charge in [0, 0.05) is 25.0 Å². The van der Waals surface area contributed by atoms with Crippen LogP contribution in [-0.2, 0) is 13.5 Å². The summed E-state index contributed by atoms with van der Waals surface area (Å²) in [7, 11) is 3.64. The normalized spacial score (nSPS) is 11.2. The highest BCUT2D eigenvalue weighted by Crippen LogP contribution is 2.36. The van der Waals surface area contributed by atoms with E-state index >= 15 is 0 Å². The molecule has 1 aromatic carbocycles. The summed E-state index contributed by atoms with van der Waals surface area (Å²) in [6, 6.07) is 14.2. The molecule has 0 fully saturated rings. The molecule has 144 valence electrons. The average Bonchev–Trinajstić information content (AvgIpc) is 3.32. The number of pyridine rings is 1. The summed E-state index contributed by atoms with van der Waals surface area (Å²) in [4.78, 5) is 11.4. The van der Waals surface area contributed by atoms with Gasteiger partial charge in [-0.05, 0) is 54.4 Å². The van der Waals surface area contributed by atoms with Gasteiger partial charge in [0.2, 0.25) is 0 Å². The Kier molecular flexibility index (Phi) is 5.02. The number of fused-ring (bicyclic) bond motifs is 1. The third-order valence-corrected chi connectivity index (χ3v) is 5.94. The maximum absolute atomic E-state index is 9.09. The van der Waals surface area contributed by atoms with Gasteiger partial charge in [-0.3, -0.25) is 0 Å². The minimum absolute atomic E-state index is 0.144. The highest BCUT2D eigenvalue weighted by molar-refractivity contribution is 7.18. The first-order chi connectivity index (χ1) is 13.6. The smallest absolute Gasteiger partial charge is 0.152 e. The first kappa shape index (κ1) is 18.5. The molecule has 0 aliphatic heterocycles. The topological polar surface area (TPSA) is 86.2 Å². The third kappa shape index (κ3) is 3.34. The van der Waals surface area contributed by atoms with Crippen molar-refractivity contribution in [1.29, 1.82) is 0 Å². The lowest BCUT2D eigenvalue weighted by Crippen LogP contribution is -1.99. The van der Waals surface area contributed by atoms with E-state index in [0.717, 1.165) is 38.1 Å². The zero-order chi connectivity index (χ0) is 19.7. The number of aliphatic hydroxyl groups is 1. The van der Waals surface area contributed by atoms with Gasteiger partial charge in [0.25, 0.3) is 0 Å². The number of hydrogen-bond acceptors (Lipinski definition) is 6. The van der Waals surface area contributed by atoms with Crippen molar-refractivity contribution in [3.63, 3.8) is 0 Å². The third-order valence-electron chi connectivity index (χ3n) is 4.78. The molecule has 0 saturated heterocycles. The molecule has 3 N–H and O–H groups in total. The Morgan fingerprint density at radius 1 is 1.11 bits per heavy atom. The molecule has 7 heteroatoms. The van der Waals surface area contributed by atoms with E-state index in [-0.39, 0.29) is 6.61 Å². The van der Waals surface area contributed by atoms with E-state index in [0.29, 0.717) is 24.2 Å². The molecule has 0 amide bonds. The maximum Gasteiger partial charge on any atom is 0.152 e. The van der Waals surface area contributed by atoms with Gasteiger partial charge in [-0.15, -0.1) is 11.3 Å². The quantitative estimate of drug-likeness (QED) is 0.518. The lowest BCUT2D eigenvalue weighted by molar-refractivity contribution is 0.287. The molecule has 0 aliphatic carbocycles. The number of nitrogens with two attached hydrogens (primary N) is 1. The van der Waals surface area contributed by atoms with Crippen molar-refractivity contribution in [2.45, 2.75) is 12.8 Å². The van der Waals surface area contributed by atoms with Gasteiger partial charge in [-0.1, -0.05) is 0 Å². The molecule has 3 aromatic heterocycles. The molecule has 4 aromatic rings. The number of aliphatic hydroxyl groups excluding tert-OH is 1. The number of rotatable bonds is 6. The van der Waals surface area contributed by atoms with Gasteiger partial charge in [0.15, 0.2) is 5.82 Å². The van der Waals surface area contributed by atoms with Crippen LogP contribution in [0.4, 0.5) is 5.82 Å². The first-order valence-corrected chi connectivity index (χ1v) is 9.89. The maximum atomic E-state index is 9.09. The van der Waals surface area contributed by atoms with Crippen molar-refractivity contribution in [2.75, 3.05) is 19.5 Å². The fourth-order valence-corrected chi connectivity index (χ4v) is 4.20. The van der Waals surface area contributed by atoms with Crippen LogP contribution in [0.1, 0.15) is 12.2 Å². The van der Waals surface area contributed by atoms with Gasteiger partial charge in [0.1, 0.15) is 17.1 Å². The number of methoxy groups -OCH3 is 1. The molecular formula is C21H22N4O2S. The minimum atomic E-state index is 0.144. The van der Waals surface area contributed by atoms with E-state index in [1.165, 1.54) is 0 Å². The summed E-state index contributed by atoms with van der Waals surface area (Å²) in [6.07, 6.45) is 1.38. The van der Waals surface area contributed by atoms with Crippen molar-refractivity contribution in [2.24, 2.45) is 7.05 Å². The highest BCUT2D eigenvalue weighted by atomic mass is 32.1. The summed E-state index contributed by atoms with van der Waals surface area (Å²) in [6.45, 7) is 0.144. The van der Waals surface area contributed by atoms with Gasteiger partial charge in [0.05, 0.1) is 23.2 Å². The second-order valence-electron chi connectivity index (χ2n) is 6.57. The largest absolute Gasteiger partial charge is 0.497 e. The summed E-state index contributed by atoms with van der Waals surface area (Å²) in [5.74, 6) is 2.17. The van der Waals surface area contributed by atoms with Crippen molar-refractivity contribution in [3.05, 3.63) is 48.3 Å². The zero-order valence-corrected chi connectivity index (χ0v) is 16.7. The number of nitrogen functional groups attached to an aromatic ring is 1. The van der Waals surface area contributed by atoms with E-state index in [1.54, 1.807) is 18.4 Å². The molecule has 0 atom stereocenters. The first-order valence-electron chi connectivity index (χ1n) is 9.08. The second-order valence-corrected chi connectivity index (χ2v) is 7.65. The number of aryl methyl sites for hydroxylation is 2. The Balaban J connectivity index is 1.71. The summed E-state index contributed by atoms with van der Waals surface area (Å²) in [5.41, 5.74) is 9.85. The molecule has 0 radical (unpaired) electrons. The van der Waals surface area contributed by atoms with E-state index < -0.39 is 0 Å². The zero-order valence-electron chi connectivity index (χ0n) is 15.8. The number of anilines is 1. The molecule has 4 rings (SSSR count). The lowest BCUT2D eigenvalue weighted by atomic mass is 10.2. The number of aromatic nitrogens is 3. The van der Waals surface area contributed by atoms with Crippen LogP contribution >= 0.6 is 11.3 Å². The molecule has 3 heterocycles. The summed E-state index contributed by atoms with van der Waals surface area (Å²) >= 11 is 1.67. The number of benzene rings is 1. The van der Waals surface area contributed by atoms with Crippen molar-refractivity contribution >= 4 is 28.2 Å². The molecule has 0 saturated carbocycles. The molecule has 0 aliphatic rings. The monoisotopic (exact) mass is 394 g/mol. The minimum Gasteiger partial charge on any atom is -0.497 e. The summed E-state index contributed by atoms with van der Waals surface area (Å²) < 4.78 is 7.26. The van der Waals surface area contributed by atoms with Crippen LogP contribution in [0.25, 0.3) is 32.0 Å². The fraction of sp³-hybridized carbons (Fsp3) is 0.238. The highest BCUT2D eigenvalue weighted by Gasteiger charge is 2.15. The Bertz CT molecular complexity index is 1120. The van der Waals surface area contributed by atoms with E-state index in [1.807, 2.05) is 41.9 Å². The molecular weight excluding hydrogens is 372 g/mol. The Morgan fingerprint density at radius 3 is 2.57 bits per heavy atom. The van der Waals surface area contributed by atoms with Crippen LogP contribution in [0.15, 0.2) is 42.5 Å². The number of hydrogen-bond donors (Lipinski definition) is 2. The van der Waals surface area contributed by atoms with Crippen LogP contribution in [-0.4, -0.2) is 33.4 Å². The van der Waals surface area contributed by atoms with Crippen LogP contribution in [0.3, 0.4) is 0 Å². The van der Waals surface area contributed by atoms with Gasteiger partial charge >= 0.3 is 0 Å². The number of thiophene rings is 1. The molecule has 6 nitrogen and oxygen atoms in total. The molecule has 0 bridgehead atoms. The van der Waals surface area contributed by atoms with E-state index in [2.05, 4.69) is 22.1 Å². The Morgan fingerprint density at radius 2 is 1.86 bits per heavy atom. The van der Waals surface area contributed by atoms with Crippen LogP contribution < -0.4 is 10.5 Å². The SMILES string of the molecule is COc1ccc(-c2ccc(-c3cc4c(nc(CCCO)n4C)c(N)n3)s2)cc1. The van der Waals surface area contributed by atoms with Gasteiger partial charge < -0.3 is 20.1 Å². The Hall–Kier alpha value is -2.90. The number of imidazole rings is 1. The average molecular weight is 394 g/mol. The van der Waals surface area contributed by atoms with Gasteiger partial charge in [-0.25, -0.2) is 9.97 Å². The lowest BCUT2D eigenvalue weighted by Gasteiger charge is -2.03. The fourth-order valence-electron chi connectivity index (χ4n) is 3.23. The van der Waals surface area contributed by atoms with E-state index in [4.69, 9.17) is 15.6 Å². The number of nitrogens with zero attached hydrogens (tertiary/aromatic N) is 3. The van der Waals surface area contributed by atoms with Crippen molar-refractivity contribution < 1.29 is 9.84 Å². The standard InChI is InChI=1S/C21H22N4O2S/c1-25-16-12-15(23-21(22)20(16)24-19(25)4-3-11-26)18-10-9-17(28-18)13-5-7-14(27-2)8-6-13/h5-10,12,26H,3-4,11H2,1-2H3,(H2,22,23). The summed E-state index contributed by atoms with van der Waals surface area (Å²) in [5, 5.41) is 9.09. The predicted molar refractivity (Wildman–Crippen MR) is 114 cm³/mol. The van der Waals surface area contributed by atoms with Crippen LogP contribution in [0.2, 0.25) is 0 Å². The number of ether oxygens (including phenoxy) is 1. The Labute approximate surface area is 167 Å². The van der Waals surface area contributed by atoms with Crippen LogP contribution in [0, 0.1) is 0 Å². The molecule has 0 spiro atoms. The van der Waals surface area contributed by atoms with Crippen molar-refractivity contribution in [1.82, 2.24) is 14.5 Å². The van der Waals surface area contributed by atoms with Crippen molar-refractivity contribution in [3.8, 4) is 26.8 Å². The van der Waals surface area contributed by atoms with Crippen LogP contribution in [0.5, 0.6) is 5.75 Å². The molecule has 0 unspecified atom stereocenters. The predicted octanol–water partition coefficient (Wildman–Crippen LogP) is 3.88.